The van der Waals surface area contributed by atoms with E-state index in [4.69, 9.17) is 22.1 Å². The molecule has 0 aromatic heterocycles. The monoisotopic (exact) mass is 435 g/mol. The standard InChI is InChI=1S/C16H22ClN3O.HI/c1-2-9-19-15(18)20-12-16(7-10-21-11-8-16)13-5-3-4-6-14(13)17;/h2-6H,1,7-12H2,(H3,18,19,20);1H. The van der Waals surface area contributed by atoms with Crippen LogP contribution in [-0.4, -0.2) is 32.3 Å². The van der Waals surface area contributed by atoms with Crippen LogP contribution in [0, 0.1) is 0 Å². The lowest BCUT2D eigenvalue weighted by atomic mass is 9.74. The number of nitrogens with one attached hydrogen (secondary N) is 1. The van der Waals surface area contributed by atoms with Crippen LogP contribution in [-0.2, 0) is 10.2 Å². The van der Waals surface area contributed by atoms with Crippen molar-refractivity contribution < 1.29 is 4.74 Å². The van der Waals surface area contributed by atoms with Gasteiger partial charge < -0.3 is 15.8 Å². The SMILES string of the molecule is C=CCNC(N)=NCC1(c2ccccc2Cl)CCOCC1.I. The minimum atomic E-state index is -0.100. The van der Waals surface area contributed by atoms with Crippen molar-refractivity contribution in [1.29, 1.82) is 0 Å². The summed E-state index contributed by atoms with van der Waals surface area (Å²) in [5.41, 5.74) is 6.91. The van der Waals surface area contributed by atoms with Crippen molar-refractivity contribution in [3.05, 3.63) is 47.5 Å². The maximum Gasteiger partial charge on any atom is 0.188 e. The van der Waals surface area contributed by atoms with Crippen LogP contribution < -0.4 is 11.1 Å². The van der Waals surface area contributed by atoms with E-state index in [1.165, 1.54) is 0 Å². The Bertz CT molecular complexity index is 516. The molecule has 0 aliphatic carbocycles. The second-order valence-electron chi connectivity index (χ2n) is 5.24. The Labute approximate surface area is 154 Å². The van der Waals surface area contributed by atoms with Gasteiger partial charge >= 0.3 is 0 Å². The average Bonchev–Trinajstić information content (AvgIpc) is 2.52. The molecule has 1 aliphatic heterocycles. The van der Waals surface area contributed by atoms with Gasteiger partial charge in [0.1, 0.15) is 0 Å². The van der Waals surface area contributed by atoms with Crippen LogP contribution in [0.4, 0.5) is 0 Å². The maximum atomic E-state index is 6.40. The van der Waals surface area contributed by atoms with Crippen LogP contribution in [0.5, 0.6) is 0 Å². The molecule has 1 aromatic carbocycles. The van der Waals surface area contributed by atoms with E-state index >= 15 is 0 Å². The Morgan fingerprint density at radius 3 is 2.73 bits per heavy atom. The van der Waals surface area contributed by atoms with Gasteiger partial charge in [-0.15, -0.1) is 30.6 Å². The highest BCUT2D eigenvalue weighted by Gasteiger charge is 2.35. The van der Waals surface area contributed by atoms with Gasteiger partial charge in [-0.3, -0.25) is 4.99 Å². The maximum absolute atomic E-state index is 6.40. The lowest BCUT2D eigenvalue weighted by Crippen LogP contribution is -2.39. The van der Waals surface area contributed by atoms with Gasteiger partial charge in [0, 0.05) is 30.2 Å². The zero-order valence-corrected chi connectivity index (χ0v) is 15.6. The molecule has 22 heavy (non-hydrogen) atoms. The number of ether oxygens (including phenoxy) is 1. The molecule has 0 atom stereocenters. The third kappa shape index (κ3) is 4.86. The highest BCUT2D eigenvalue weighted by molar-refractivity contribution is 14.0. The summed E-state index contributed by atoms with van der Waals surface area (Å²) in [4.78, 5) is 4.50. The number of halogens is 2. The topological polar surface area (TPSA) is 59.6 Å². The fraction of sp³-hybridized carbons (Fsp3) is 0.438. The second kappa shape index (κ2) is 9.37. The Kier molecular flexibility index (Phi) is 8.20. The minimum Gasteiger partial charge on any atom is -0.381 e. The molecule has 1 heterocycles. The predicted molar refractivity (Wildman–Crippen MR) is 103 cm³/mol. The molecular formula is C16H23ClIN3O. The van der Waals surface area contributed by atoms with Crippen LogP contribution >= 0.6 is 35.6 Å². The fourth-order valence-corrected chi connectivity index (χ4v) is 2.97. The van der Waals surface area contributed by atoms with Gasteiger partial charge in [0.25, 0.3) is 0 Å². The summed E-state index contributed by atoms with van der Waals surface area (Å²) in [5.74, 6) is 0.438. The first-order valence-electron chi connectivity index (χ1n) is 7.15. The van der Waals surface area contributed by atoms with Gasteiger partial charge in [0.2, 0.25) is 0 Å². The number of nitrogens with two attached hydrogens (primary N) is 1. The van der Waals surface area contributed by atoms with Crippen molar-refractivity contribution >= 4 is 41.5 Å². The number of hydrogen-bond acceptors (Lipinski definition) is 2. The molecule has 122 valence electrons. The van der Waals surface area contributed by atoms with E-state index in [1.807, 2.05) is 18.2 Å². The normalized spacial score (nSPS) is 17.4. The summed E-state index contributed by atoms with van der Waals surface area (Å²) in [6.45, 7) is 6.31. The van der Waals surface area contributed by atoms with Crippen molar-refractivity contribution in [3.8, 4) is 0 Å². The van der Waals surface area contributed by atoms with Crippen molar-refractivity contribution in [2.75, 3.05) is 26.3 Å². The number of guanidine groups is 1. The molecule has 1 aliphatic rings. The molecule has 1 fully saturated rings. The first-order chi connectivity index (χ1) is 10.2. The molecule has 0 unspecified atom stereocenters. The molecule has 0 spiro atoms. The van der Waals surface area contributed by atoms with Crippen molar-refractivity contribution in [3.63, 3.8) is 0 Å². The lowest BCUT2D eigenvalue weighted by Gasteiger charge is -2.37. The number of rotatable bonds is 5. The van der Waals surface area contributed by atoms with Gasteiger partial charge in [-0.05, 0) is 24.5 Å². The van der Waals surface area contributed by atoms with E-state index in [0.29, 0.717) is 19.0 Å². The Morgan fingerprint density at radius 2 is 2.09 bits per heavy atom. The van der Waals surface area contributed by atoms with E-state index in [-0.39, 0.29) is 29.4 Å². The van der Waals surface area contributed by atoms with Gasteiger partial charge in [-0.2, -0.15) is 0 Å². The predicted octanol–water partition coefficient (Wildman–Crippen LogP) is 3.10. The third-order valence-corrected chi connectivity index (χ3v) is 4.20. The van der Waals surface area contributed by atoms with E-state index in [0.717, 1.165) is 36.6 Å². The van der Waals surface area contributed by atoms with Crippen LogP contribution in [0.25, 0.3) is 0 Å². The molecule has 1 saturated heterocycles. The number of benzene rings is 1. The number of hydrogen-bond donors (Lipinski definition) is 2. The Hall–Kier alpha value is -0.790. The molecule has 4 nitrogen and oxygen atoms in total. The van der Waals surface area contributed by atoms with Gasteiger partial charge in [0.15, 0.2) is 5.96 Å². The van der Waals surface area contributed by atoms with Gasteiger partial charge in [0.05, 0.1) is 6.54 Å². The molecule has 0 bridgehead atoms. The van der Waals surface area contributed by atoms with Crippen LogP contribution in [0.15, 0.2) is 41.9 Å². The van der Waals surface area contributed by atoms with Gasteiger partial charge in [-0.1, -0.05) is 35.9 Å². The lowest BCUT2D eigenvalue weighted by molar-refractivity contribution is 0.0531. The van der Waals surface area contributed by atoms with Crippen LogP contribution in [0.1, 0.15) is 18.4 Å². The summed E-state index contributed by atoms with van der Waals surface area (Å²) in [5, 5.41) is 3.79. The number of nitrogens with zero attached hydrogens (tertiary/aromatic N) is 1. The molecule has 1 aromatic rings. The highest BCUT2D eigenvalue weighted by atomic mass is 127. The fourth-order valence-electron chi connectivity index (χ4n) is 2.64. The van der Waals surface area contributed by atoms with E-state index in [9.17, 15) is 0 Å². The quantitative estimate of drug-likeness (QED) is 0.323. The van der Waals surface area contributed by atoms with Crippen molar-refractivity contribution in [2.24, 2.45) is 10.7 Å². The van der Waals surface area contributed by atoms with E-state index < -0.39 is 0 Å². The van der Waals surface area contributed by atoms with Gasteiger partial charge in [-0.25, -0.2) is 0 Å². The molecule has 3 N–H and O–H groups in total. The summed E-state index contributed by atoms with van der Waals surface area (Å²) in [6, 6.07) is 7.97. The highest BCUT2D eigenvalue weighted by Crippen LogP contribution is 2.38. The van der Waals surface area contributed by atoms with Crippen LogP contribution in [0.2, 0.25) is 5.02 Å². The van der Waals surface area contributed by atoms with Crippen molar-refractivity contribution in [1.82, 2.24) is 5.32 Å². The summed E-state index contributed by atoms with van der Waals surface area (Å²) in [7, 11) is 0. The van der Waals surface area contributed by atoms with Crippen LogP contribution in [0.3, 0.4) is 0 Å². The smallest absolute Gasteiger partial charge is 0.188 e. The molecule has 2 rings (SSSR count). The molecule has 6 heteroatoms. The zero-order valence-electron chi connectivity index (χ0n) is 12.6. The molecule has 0 saturated carbocycles. The number of aliphatic imine (C=N–C) groups is 1. The summed E-state index contributed by atoms with van der Waals surface area (Å²) < 4.78 is 5.51. The Balaban J connectivity index is 0.00000242. The average molecular weight is 436 g/mol. The molecule has 0 radical (unpaired) electrons. The second-order valence-corrected chi connectivity index (χ2v) is 5.65. The summed E-state index contributed by atoms with van der Waals surface area (Å²) in [6.07, 6.45) is 3.55. The largest absolute Gasteiger partial charge is 0.381 e. The first-order valence-corrected chi connectivity index (χ1v) is 7.53. The molecule has 0 amide bonds. The van der Waals surface area contributed by atoms with Crippen molar-refractivity contribution in [2.45, 2.75) is 18.3 Å². The zero-order chi connectivity index (χ0) is 15.1. The summed E-state index contributed by atoms with van der Waals surface area (Å²) >= 11 is 6.40. The molecular weight excluding hydrogens is 413 g/mol. The Morgan fingerprint density at radius 1 is 1.41 bits per heavy atom. The van der Waals surface area contributed by atoms with E-state index in [1.54, 1.807) is 6.08 Å². The first kappa shape index (κ1) is 19.3. The minimum absolute atomic E-state index is 0. The van der Waals surface area contributed by atoms with E-state index in [2.05, 4.69) is 23.0 Å². The third-order valence-electron chi connectivity index (χ3n) is 3.87.